The summed E-state index contributed by atoms with van der Waals surface area (Å²) in [6.07, 6.45) is 8.33. The number of halogens is 1. The highest BCUT2D eigenvalue weighted by molar-refractivity contribution is 14.1. The number of hydrogen-bond acceptors (Lipinski definition) is 5. The van der Waals surface area contributed by atoms with Gasteiger partial charge in [0.2, 0.25) is 0 Å². The fraction of sp³-hybridized carbons (Fsp3) is 0.536. The second-order valence-corrected chi connectivity index (χ2v) is 10.9. The summed E-state index contributed by atoms with van der Waals surface area (Å²) >= 11 is 1.76. The van der Waals surface area contributed by atoms with E-state index in [-0.39, 0.29) is 17.4 Å². The molecule has 192 valence electrons. The van der Waals surface area contributed by atoms with Gasteiger partial charge in [-0.25, -0.2) is 0 Å². The molecule has 3 rings (SSSR count). The minimum absolute atomic E-state index is 0.00739. The lowest BCUT2D eigenvalue weighted by Gasteiger charge is -2.25. The molecule has 0 bridgehead atoms. The first-order valence-corrected chi connectivity index (χ1v) is 13.7. The number of carbonyl (C=O) groups excluding carboxylic acids is 1. The van der Waals surface area contributed by atoms with Crippen molar-refractivity contribution in [2.45, 2.75) is 72.6 Å². The van der Waals surface area contributed by atoms with Gasteiger partial charge in [-0.1, -0.05) is 72.3 Å². The number of phenols is 2. The van der Waals surface area contributed by atoms with Crippen LogP contribution in [0.5, 0.6) is 17.2 Å². The van der Waals surface area contributed by atoms with Crippen molar-refractivity contribution in [1.29, 1.82) is 0 Å². The van der Waals surface area contributed by atoms with Crippen molar-refractivity contribution in [1.82, 2.24) is 0 Å². The monoisotopic (exact) mass is 594 g/mol. The predicted octanol–water partition coefficient (Wildman–Crippen LogP) is 8.19. The van der Waals surface area contributed by atoms with Crippen molar-refractivity contribution < 1.29 is 18.1 Å². The van der Waals surface area contributed by atoms with E-state index in [1.807, 2.05) is 0 Å². The van der Waals surface area contributed by atoms with E-state index in [0.29, 0.717) is 40.8 Å². The standard InChI is InChI=1S/C28H39IN2O4/c1-18(2)8-5-9-19(3)10-6-11-20(4)14-15-31-23-16-21(32)17-25(35-29)27(23)30-26-22(28(31)34)12-7-13-24(26)33/h7,12-13,16-20,30,32-33H,5-6,8-11,14-15H2,1-4H3. The third-order valence-corrected chi connectivity index (χ3v) is 7.40. The van der Waals surface area contributed by atoms with Crippen molar-refractivity contribution in [3.8, 4) is 17.2 Å². The van der Waals surface area contributed by atoms with Gasteiger partial charge in [0.05, 0.1) is 16.9 Å². The summed E-state index contributed by atoms with van der Waals surface area (Å²) in [6.45, 7) is 9.68. The maximum absolute atomic E-state index is 13.6. The first kappa shape index (κ1) is 27.4. The Balaban J connectivity index is 1.69. The van der Waals surface area contributed by atoms with Crippen LogP contribution in [0.2, 0.25) is 0 Å². The van der Waals surface area contributed by atoms with E-state index in [1.165, 1.54) is 38.2 Å². The summed E-state index contributed by atoms with van der Waals surface area (Å²) in [4.78, 5) is 15.3. The average Bonchev–Trinajstić information content (AvgIpc) is 2.92. The Kier molecular flexibility index (Phi) is 9.95. The molecule has 0 fully saturated rings. The number of phenolic OH excluding ortho intramolecular Hbond substituents is 2. The summed E-state index contributed by atoms with van der Waals surface area (Å²) in [5, 5.41) is 23.9. The number of benzene rings is 2. The lowest BCUT2D eigenvalue weighted by atomic mass is 9.92. The van der Waals surface area contributed by atoms with Gasteiger partial charge in [0.25, 0.3) is 5.91 Å². The highest BCUT2D eigenvalue weighted by atomic mass is 127. The molecule has 3 N–H and O–H groups in total. The number of para-hydroxylation sites is 1. The first-order chi connectivity index (χ1) is 16.7. The number of carbonyl (C=O) groups is 1. The van der Waals surface area contributed by atoms with Crippen LogP contribution in [0.15, 0.2) is 30.3 Å². The summed E-state index contributed by atoms with van der Waals surface area (Å²) in [5.41, 5.74) is 1.83. The van der Waals surface area contributed by atoms with Crippen LogP contribution in [0, 0.1) is 17.8 Å². The van der Waals surface area contributed by atoms with Gasteiger partial charge in [-0.2, -0.15) is 0 Å². The molecule has 2 atom stereocenters. The molecule has 1 aliphatic rings. The zero-order chi connectivity index (χ0) is 25.5. The van der Waals surface area contributed by atoms with Gasteiger partial charge in [-0.15, -0.1) is 0 Å². The summed E-state index contributed by atoms with van der Waals surface area (Å²) in [6, 6.07) is 7.99. The number of amides is 1. The molecule has 6 nitrogen and oxygen atoms in total. The van der Waals surface area contributed by atoms with Gasteiger partial charge in [-0.05, 0) is 36.3 Å². The Hall–Kier alpha value is -2.16. The van der Waals surface area contributed by atoms with E-state index in [2.05, 4.69) is 33.0 Å². The van der Waals surface area contributed by atoms with Gasteiger partial charge in [-0.3, -0.25) is 4.79 Å². The molecule has 7 heteroatoms. The van der Waals surface area contributed by atoms with E-state index >= 15 is 0 Å². The Labute approximate surface area is 223 Å². The minimum atomic E-state index is -0.210. The third kappa shape index (κ3) is 7.18. The molecular weight excluding hydrogens is 555 g/mol. The lowest BCUT2D eigenvalue weighted by molar-refractivity contribution is 0.0986. The van der Waals surface area contributed by atoms with Crippen LogP contribution in [-0.4, -0.2) is 22.7 Å². The SMILES string of the molecule is CC(C)CCCC(C)CCCC(C)CCN1C(=O)c2cccc(O)c2Nc2c(OI)cc(O)cc21. The second-order valence-electron chi connectivity index (χ2n) is 10.5. The fourth-order valence-corrected chi connectivity index (χ4v) is 5.11. The molecule has 2 aromatic rings. The topological polar surface area (TPSA) is 82.0 Å². The van der Waals surface area contributed by atoms with Crippen LogP contribution in [0.25, 0.3) is 0 Å². The van der Waals surface area contributed by atoms with Crippen LogP contribution < -0.4 is 13.3 Å². The third-order valence-electron chi connectivity index (χ3n) is 6.93. The zero-order valence-corrected chi connectivity index (χ0v) is 23.5. The lowest BCUT2D eigenvalue weighted by Crippen LogP contribution is -2.32. The quantitative estimate of drug-likeness (QED) is 0.131. The maximum atomic E-state index is 13.6. The van der Waals surface area contributed by atoms with Crippen LogP contribution in [0.1, 0.15) is 83.0 Å². The van der Waals surface area contributed by atoms with Gasteiger partial charge < -0.3 is 23.5 Å². The minimum Gasteiger partial charge on any atom is -0.508 e. The highest BCUT2D eigenvalue weighted by Crippen LogP contribution is 2.47. The van der Waals surface area contributed by atoms with E-state index in [4.69, 9.17) is 3.07 Å². The molecule has 0 aromatic heterocycles. The molecule has 0 radical (unpaired) electrons. The molecule has 1 heterocycles. The first-order valence-electron chi connectivity index (χ1n) is 12.8. The average molecular weight is 595 g/mol. The van der Waals surface area contributed by atoms with E-state index in [1.54, 1.807) is 52.2 Å². The smallest absolute Gasteiger partial charge is 0.260 e. The van der Waals surface area contributed by atoms with E-state index in [9.17, 15) is 15.0 Å². The van der Waals surface area contributed by atoms with Crippen molar-refractivity contribution in [2.75, 3.05) is 16.8 Å². The predicted molar refractivity (Wildman–Crippen MR) is 151 cm³/mol. The molecule has 0 saturated carbocycles. The number of rotatable bonds is 12. The Bertz CT molecular complexity index is 1010. The second kappa shape index (κ2) is 12.7. The van der Waals surface area contributed by atoms with Crippen LogP contribution in [0.4, 0.5) is 17.1 Å². The number of hydrogen-bond donors (Lipinski definition) is 3. The molecule has 2 aromatic carbocycles. The Morgan fingerprint density at radius 1 is 0.943 bits per heavy atom. The van der Waals surface area contributed by atoms with Crippen LogP contribution >= 0.6 is 23.0 Å². The van der Waals surface area contributed by atoms with Crippen molar-refractivity contribution in [2.24, 2.45) is 17.8 Å². The largest absolute Gasteiger partial charge is 0.508 e. The van der Waals surface area contributed by atoms with Crippen molar-refractivity contribution in [3.05, 3.63) is 35.9 Å². The molecule has 35 heavy (non-hydrogen) atoms. The highest BCUT2D eigenvalue weighted by Gasteiger charge is 2.31. The van der Waals surface area contributed by atoms with Gasteiger partial charge >= 0.3 is 0 Å². The number of aromatic hydroxyl groups is 2. The number of nitrogens with zero attached hydrogens (tertiary/aromatic N) is 1. The number of anilines is 3. The summed E-state index contributed by atoms with van der Waals surface area (Å²) in [7, 11) is 0. The van der Waals surface area contributed by atoms with E-state index in [0.717, 1.165) is 24.7 Å². The summed E-state index contributed by atoms with van der Waals surface area (Å²) < 4.78 is 5.46. The van der Waals surface area contributed by atoms with Gasteiger partial charge in [0.15, 0.2) is 28.8 Å². The normalized spacial score (nSPS) is 14.7. The molecule has 0 aliphatic carbocycles. The van der Waals surface area contributed by atoms with Crippen LogP contribution in [0.3, 0.4) is 0 Å². The number of nitrogens with one attached hydrogen (secondary N) is 1. The molecule has 0 spiro atoms. The van der Waals surface area contributed by atoms with Gasteiger partial charge in [0.1, 0.15) is 17.2 Å². The molecule has 2 unspecified atom stereocenters. The summed E-state index contributed by atoms with van der Waals surface area (Å²) in [5.74, 6) is 2.20. The van der Waals surface area contributed by atoms with Gasteiger partial charge in [0, 0.05) is 18.7 Å². The number of fused-ring (bicyclic) bond motifs is 2. The fourth-order valence-electron chi connectivity index (χ4n) is 4.76. The molecular formula is C28H39IN2O4. The molecule has 1 amide bonds. The zero-order valence-electron chi connectivity index (χ0n) is 21.3. The van der Waals surface area contributed by atoms with Crippen LogP contribution in [-0.2, 0) is 0 Å². The molecule has 1 aliphatic heterocycles. The van der Waals surface area contributed by atoms with E-state index < -0.39 is 0 Å². The Morgan fingerprint density at radius 2 is 1.60 bits per heavy atom. The maximum Gasteiger partial charge on any atom is 0.260 e. The Morgan fingerprint density at radius 3 is 2.26 bits per heavy atom. The van der Waals surface area contributed by atoms with Crippen molar-refractivity contribution >= 4 is 46.0 Å². The molecule has 0 saturated heterocycles. The van der Waals surface area contributed by atoms with Crippen molar-refractivity contribution in [3.63, 3.8) is 0 Å².